The number of carbonyl (C=O) groups is 3. The fraction of sp³-hybridized carbons (Fsp3) is 0.333. The van der Waals surface area contributed by atoms with Gasteiger partial charge in [0.1, 0.15) is 0 Å². The number of aryl methyl sites for hydroxylation is 1. The maximum atomic E-state index is 11.6. The van der Waals surface area contributed by atoms with Gasteiger partial charge in [-0.05, 0) is 26.0 Å². The van der Waals surface area contributed by atoms with Crippen LogP contribution in [-0.2, 0) is 14.3 Å². The second-order valence-electron chi connectivity index (χ2n) is 3.43. The van der Waals surface area contributed by atoms with E-state index in [1.807, 2.05) is 0 Å². The molecule has 0 spiro atoms. The first-order valence-corrected chi connectivity index (χ1v) is 5.20. The summed E-state index contributed by atoms with van der Waals surface area (Å²) < 4.78 is 4.50. The molecule has 0 fully saturated rings. The van der Waals surface area contributed by atoms with Gasteiger partial charge in [0.05, 0.1) is 13.0 Å². The Morgan fingerprint density at radius 2 is 2.00 bits per heavy atom. The zero-order valence-corrected chi connectivity index (χ0v) is 9.73. The quantitative estimate of drug-likeness (QED) is 0.330. The van der Waals surface area contributed by atoms with Crippen LogP contribution in [0.25, 0.3) is 0 Å². The zero-order valence-electron chi connectivity index (χ0n) is 9.73. The Hall–Kier alpha value is -2.04. The van der Waals surface area contributed by atoms with E-state index >= 15 is 0 Å². The lowest BCUT2D eigenvalue weighted by molar-refractivity contribution is -0.153. The minimum absolute atomic E-state index is 0.116. The molecular weight excluding hydrogens is 222 g/mol. The summed E-state index contributed by atoms with van der Waals surface area (Å²) in [5.74, 6) is -2.24. The Labute approximate surface area is 98.8 Å². The third-order valence-corrected chi connectivity index (χ3v) is 2.06. The maximum absolute atomic E-state index is 11.6. The highest BCUT2D eigenvalue weighted by molar-refractivity contribution is 6.38. The number of nitrogens with zero attached hydrogens (tertiary/aromatic N) is 1. The van der Waals surface area contributed by atoms with Gasteiger partial charge < -0.3 is 4.74 Å². The normalized spacial score (nSPS) is 9.76. The van der Waals surface area contributed by atoms with Crippen LogP contribution < -0.4 is 0 Å². The Bertz CT molecular complexity index is 436. The molecule has 0 bridgehead atoms. The zero-order chi connectivity index (χ0) is 12.8. The molecule has 5 nitrogen and oxygen atoms in total. The standard InChI is InChI=1S/C12H13NO4/c1-3-17-12(16)11(15)6-10(14)9-5-4-8(2)13-7-9/h4-5,7H,3,6H2,1-2H3. The van der Waals surface area contributed by atoms with Crippen molar-refractivity contribution in [3.05, 3.63) is 29.6 Å². The van der Waals surface area contributed by atoms with Crippen molar-refractivity contribution in [2.45, 2.75) is 20.3 Å². The average Bonchev–Trinajstić information content (AvgIpc) is 2.30. The van der Waals surface area contributed by atoms with E-state index in [1.165, 1.54) is 6.20 Å². The fourth-order valence-corrected chi connectivity index (χ4v) is 1.16. The van der Waals surface area contributed by atoms with Gasteiger partial charge in [0, 0.05) is 17.5 Å². The van der Waals surface area contributed by atoms with Crippen molar-refractivity contribution in [2.24, 2.45) is 0 Å². The van der Waals surface area contributed by atoms with Gasteiger partial charge >= 0.3 is 5.97 Å². The molecule has 0 aromatic carbocycles. The molecule has 0 amide bonds. The van der Waals surface area contributed by atoms with E-state index in [1.54, 1.807) is 26.0 Å². The molecule has 17 heavy (non-hydrogen) atoms. The molecule has 1 aromatic heterocycles. The Balaban J connectivity index is 2.63. The molecule has 0 aliphatic rings. The Kier molecular flexibility index (Phi) is 4.51. The van der Waals surface area contributed by atoms with Crippen molar-refractivity contribution in [1.29, 1.82) is 0 Å². The van der Waals surface area contributed by atoms with Crippen LogP contribution in [0.1, 0.15) is 29.4 Å². The van der Waals surface area contributed by atoms with Crippen LogP contribution in [0.3, 0.4) is 0 Å². The summed E-state index contributed by atoms with van der Waals surface area (Å²) in [6.07, 6.45) is 0.902. The number of hydrogen-bond acceptors (Lipinski definition) is 5. The van der Waals surface area contributed by atoms with E-state index < -0.39 is 24.0 Å². The SMILES string of the molecule is CCOC(=O)C(=O)CC(=O)c1ccc(C)nc1. The minimum Gasteiger partial charge on any atom is -0.460 e. The van der Waals surface area contributed by atoms with Gasteiger partial charge in [-0.25, -0.2) is 4.79 Å². The van der Waals surface area contributed by atoms with Crippen molar-refractivity contribution < 1.29 is 19.1 Å². The van der Waals surface area contributed by atoms with Crippen molar-refractivity contribution in [3.8, 4) is 0 Å². The van der Waals surface area contributed by atoms with Gasteiger partial charge in [0.2, 0.25) is 5.78 Å². The summed E-state index contributed by atoms with van der Waals surface area (Å²) in [7, 11) is 0. The summed E-state index contributed by atoms with van der Waals surface area (Å²) in [5, 5.41) is 0. The predicted molar refractivity (Wildman–Crippen MR) is 59.6 cm³/mol. The number of pyridine rings is 1. The van der Waals surface area contributed by atoms with E-state index in [2.05, 4.69) is 9.72 Å². The van der Waals surface area contributed by atoms with Gasteiger partial charge in [0.25, 0.3) is 0 Å². The molecule has 0 aliphatic heterocycles. The van der Waals surface area contributed by atoms with Crippen LogP contribution in [0.15, 0.2) is 18.3 Å². The lowest BCUT2D eigenvalue weighted by atomic mass is 10.1. The lowest BCUT2D eigenvalue weighted by Crippen LogP contribution is -2.20. The van der Waals surface area contributed by atoms with E-state index in [9.17, 15) is 14.4 Å². The molecule has 0 atom stereocenters. The molecule has 0 aliphatic carbocycles. The molecule has 0 saturated carbocycles. The third-order valence-electron chi connectivity index (χ3n) is 2.06. The van der Waals surface area contributed by atoms with Crippen LogP contribution in [0, 0.1) is 6.92 Å². The largest absolute Gasteiger partial charge is 0.460 e. The first-order valence-electron chi connectivity index (χ1n) is 5.20. The smallest absolute Gasteiger partial charge is 0.375 e. The van der Waals surface area contributed by atoms with E-state index in [-0.39, 0.29) is 6.61 Å². The predicted octanol–water partition coefficient (Wildman–Crippen LogP) is 1.10. The molecule has 0 radical (unpaired) electrons. The van der Waals surface area contributed by atoms with Crippen molar-refractivity contribution in [2.75, 3.05) is 6.61 Å². The van der Waals surface area contributed by atoms with Crippen LogP contribution in [0.2, 0.25) is 0 Å². The first kappa shape index (κ1) is 13.0. The summed E-state index contributed by atoms with van der Waals surface area (Å²) >= 11 is 0. The monoisotopic (exact) mass is 235 g/mol. The number of ether oxygens (including phenoxy) is 1. The molecule has 90 valence electrons. The Morgan fingerprint density at radius 1 is 1.29 bits per heavy atom. The number of carbonyl (C=O) groups excluding carboxylic acids is 3. The van der Waals surface area contributed by atoms with Gasteiger partial charge in [-0.1, -0.05) is 0 Å². The molecule has 1 rings (SSSR count). The molecule has 0 saturated heterocycles. The van der Waals surface area contributed by atoms with Crippen molar-refractivity contribution in [1.82, 2.24) is 4.98 Å². The fourth-order valence-electron chi connectivity index (χ4n) is 1.16. The van der Waals surface area contributed by atoms with Gasteiger partial charge in [-0.2, -0.15) is 0 Å². The summed E-state index contributed by atoms with van der Waals surface area (Å²) in [6.45, 7) is 3.50. The lowest BCUT2D eigenvalue weighted by Gasteiger charge is -2.01. The summed E-state index contributed by atoms with van der Waals surface area (Å²) in [4.78, 5) is 37.8. The highest BCUT2D eigenvalue weighted by atomic mass is 16.5. The topological polar surface area (TPSA) is 73.3 Å². The summed E-state index contributed by atoms with van der Waals surface area (Å²) in [5.41, 5.74) is 1.09. The molecule has 1 heterocycles. The average molecular weight is 235 g/mol. The number of hydrogen-bond donors (Lipinski definition) is 0. The van der Waals surface area contributed by atoms with Crippen LogP contribution in [0.4, 0.5) is 0 Å². The maximum Gasteiger partial charge on any atom is 0.375 e. The van der Waals surface area contributed by atoms with Gasteiger partial charge in [0.15, 0.2) is 5.78 Å². The van der Waals surface area contributed by atoms with Crippen LogP contribution in [0.5, 0.6) is 0 Å². The summed E-state index contributed by atoms with van der Waals surface area (Å²) in [6, 6.07) is 3.24. The number of aromatic nitrogens is 1. The van der Waals surface area contributed by atoms with Crippen LogP contribution >= 0.6 is 0 Å². The minimum atomic E-state index is -0.971. The Morgan fingerprint density at radius 3 is 2.53 bits per heavy atom. The van der Waals surface area contributed by atoms with Crippen molar-refractivity contribution >= 4 is 17.5 Å². The highest BCUT2D eigenvalue weighted by Crippen LogP contribution is 2.04. The number of rotatable bonds is 5. The molecule has 5 heteroatoms. The number of ketones is 2. The van der Waals surface area contributed by atoms with Gasteiger partial charge in [-0.3, -0.25) is 14.6 Å². The van der Waals surface area contributed by atoms with E-state index in [0.29, 0.717) is 5.56 Å². The molecule has 0 unspecified atom stereocenters. The van der Waals surface area contributed by atoms with E-state index in [4.69, 9.17) is 0 Å². The second kappa shape index (κ2) is 5.89. The molecule has 0 N–H and O–H groups in total. The third kappa shape index (κ3) is 3.79. The number of Topliss-reactive ketones (excluding diaryl/α,β-unsaturated/α-hetero) is 2. The number of esters is 1. The van der Waals surface area contributed by atoms with Gasteiger partial charge in [-0.15, -0.1) is 0 Å². The first-order chi connectivity index (χ1) is 8.04. The van der Waals surface area contributed by atoms with Crippen molar-refractivity contribution in [3.63, 3.8) is 0 Å². The van der Waals surface area contributed by atoms with Crippen LogP contribution in [-0.4, -0.2) is 29.1 Å². The molecular formula is C12H13NO4. The second-order valence-corrected chi connectivity index (χ2v) is 3.43. The van der Waals surface area contributed by atoms with E-state index in [0.717, 1.165) is 5.69 Å². The highest BCUT2D eigenvalue weighted by Gasteiger charge is 2.19. The molecule has 1 aromatic rings.